The maximum atomic E-state index is 13.1. The third-order valence-corrected chi connectivity index (χ3v) is 6.69. The number of amides is 3. The van der Waals surface area contributed by atoms with Crippen molar-refractivity contribution in [2.45, 2.75) is 71.5 Å². The number of nitrogens with zero attached hydrogens (tertiary/aromatic N) is 5. The second-order valence-electron chi connectivity index (χ2n) is 9.94. The zero-order chi connectivity index (χ0) is 24.9. The van der Waals surface area contributed by atoms with E-state index in [0.717, 1.165) is 12.0 Å². The molecule has 0 radical (unpaired) electrons. The molecule has 1 aromatic carbocycles. The molecule has 188 valence electrons. The smallest absolute Gasteiger partial charge is 0.243 e. The molecule has 35 heavy (non-hydrogen) atoms. The van der Waals surface area contributed by atoms with Crippen LogP contribution in [0, 0.1) is 5.92 Å². The monoisotopic (exact) mass is 480 g/mol. The van der Waals surface area contributed by atoms with Crippen LogP contribution >= 0.6 is 0 Å². The molecular weight excluding hydrogens is 444 g/mol. The largest absolute Gasteiger partial charge is 0.345 e. The van der Waals surface area contributed by atoms with Crippen molar-refractivity contribution in [3.8, 4) is 11.4 Å². The molecule has 1 fully saturated rings. The summed E-state index contributed by atoms with van der Waals surface area (Å²) in [6, 6.07) is 8.87. The van der Waals surface area contributed by atoms with Gasteiger partial charge in [-0.3, -0.25) is 14.4 Å². The topological polar surface area (TPSA) is 100 Å². The Bertz CT molecular complexity index is 1050. The number of carbonyl (C=O) groups excluding carboxylic acids is 3. The Balaban J connectivity index is 1.66. The molecule has 0 aliphatic carbocycles. The van der Waals surface area contributed by atoms with Crippen LogP contribution in [-0.4, -0.2) is 68.0 Å². The van der Waals surface area contributed by atoms with Crippen molar-refractivity contribution in [1.29, 1.82) is 0 Å². The van der Waals surface area contributed by atoms with Crippen molar-refractivity contribution in [3.63, 3.8) is 0 Å². The lowest BCUT2D eigenvalue weighted by atomic mass is 10.1. The van der Waals surface area contributed by atoms with E-state index in [0.29, 0.717) is 63.5 Å². The quantitative estimate of drug-likeness (QED) is 0.728. The molecule has 2 aromatic rings. The average molecular weight is 481 g/mol. The first-order chi connectivity index (χ1) is 16.8. The second kappa shape index (κ2) is 11.0. The van der Waals surface area contributed by atoms with Gasteiger partial charge in [0.15, 0.2) is 5.82 Å². The summed E-state index contributed by atoms with van der Waals surface area (Å²) in [7, 11) is 0. The Morgan fingerprint density at radius 3 is 2.60 bits per heavy atom. The summed E-state index contributed by atoms with van der Waals surface area (Å²) < 4.78 is 1.81. The van der Waals surface area contributed by atoms with Crippen LogP contribution in [0.2, 0.25) is 0 Å². The SMILES string of the molecule is CC(C)CC(=O)N1CCCC(=O)N2CCC[C@H]2C(=O)N[C@@H](C)c2nc(-c3ccccc3)nn2CC1. The lowest BCUT2D eigenvalue weighted by Crippen LogP contribution is -2.47. The van der Waals surface area contributed by atoms with E-state index in [1.807, 2.05) is 60.7 Å². The minimum Gasteiger partial charge on any atom is -0.345 e. The zero-order valence-corrected chi connectivity index (χ0v) is 20.9. The number of benzene rings is 1. The summed E-state index contributed by atoms with van der Waals surface area (Å²) in [5, 5.41) is 7.82. The molecule has 0 spiro atoms. The number of aromatic nitrogens is 3. The highest BCUT2D eigenvalue weighted by atomic mass is 16.2. The van der Waals surface area contributed by atoms with E-state index >= 15 is 0 Å². The maximum absolute atomic E-state index is 13.1. The highest BCUT2D eigenvalue weighted by molar-refractivity contribution is 5.88. The van der Waals surface area contributed by atoms with E-state index < -0.39 is 12.1 Å². The predicted molar refractivity (Wildman–Crippen MR) is 132 cm³/mol. The van der Waals surface area contributed by atoms with Gasteiger partial charge in [-0.2, -0.15) is 5.10 Å². The molecule has 9 heteroatoms. The molecule has 4 rings (SSSR count). The van der Waals surface area contributed by atoms with Gasteiger partial charge in [-0.1, -0.05) is 44.2 Å². The normalized spacial score (nSPS) is 21.9. The highest BCUT2D eigenvalue weighted by Crippen LogP contribution is 2.23. The summed E-state index contributed by atoms with van der Waals surface area (Å²) in [4.78, 5) is 47.4. The summed E-state index contributed by atoms with van der Waals surface area (Å²) in [6.07, 6.45) is 2.84. The van der Waals surface area contributed by atoms with Gasteiger partial charge in [-0.05, 0) is 32.1 Å². The third kappa shape index (κ3) is 5.89. The molecule has 1 saturated heterocycles. The molecule has 9 nitrogen and oxygen atoms in total. The van der Waals surface area contributed by atoms with Crippen molar-refractivity contribution in [1.82, 2.24) is 29.9 Å². The minimum absolute atomic E-state index is 0.0156. The fourth-order valence-electron chi connectivity index (χ4n) is 4.88. The van der Waals surface area contributed by atoms with E-state index in [1.54, 1.807) is 4.90 Å². The van der Waals surface area contributed by atoms with E-state index in [9.17, 15) is 14.4 Å². The van der Waals surface area contributed by atoms with Gasteiger partial charge in [0.05, 0.1) is 12.6 Å². The van der Waals surface area contributed by atoms with Gasteiger partial charge in [0.25, 0.3) is 0 Å². The fourth-order valence-corrected chi connectivity index (χ4v) is 4.88. The van der Waals surface area contributed by atoms with Gasteiger partial charge in [0.1, 0.15) is 11.9 Å². The van der Waals surface area contributed by atoms with E-state index in [4.69, 9.17) is 10.1 Å². The van der Waals surface area contributed by atoms with Gasteiger partial charge in [0, 0.05) is 38.0 Å². The Hall–Kier alpha value is -3.23. The Morgan fingerprint density at radius 1 is 1.09 bits per heavy atom. The van der Waals surface area contributed by atoms with Gasteiger partial charge in [0.2, 0.25) is 17.7 Å². The van der Waals surface area contributed by atoms with Crippen molar-refractivity contribution in [2.75, 3.05) is 19.6 Å². The lowest BCUT2D eigenvalue weighted by molar-refractivity contribution is -0.139. The number of hydrogen-bond donors (Lipinski definition) is 1. The van der Waals surface area contributed by atoms with Gasteiger partial charge < -0.3 is 15.1 Å². The molecule has 2 atom stereocenters. The van der Waals surface area contributed by atoms with E-state index in [-0.39, 0.29) is 23.6 Å². The molecule has 3 heterocycles. The molecule has 0 saturated carbocycles. The maximum Gasteiger partial charge on any atom is 0.243 e. The minimum atomic E-state index is -0.462. The number of fused-ring (bicyclic) bond motifs is 2. The Morgan fingerprint density at radius 2 is 1.86 bits per heavy atom. The molecule has 2 aliphatic rings. The van der Waals surface area contributed by atoms with Crippen LogP contribution in [0.4, 0.5) is 0 Å². The molecule has 2 aliphatic heterocycles. The molecule has 0 unspecified atom stereocenters. The van der Waals surface area contributed by atoms with Gasteiger partial charge in [-0.15, -0.1) is 0 Å². The first-order valence-corrected chi connectivity index (χ1v) is 12.7. The summed E-state index contributed by atoms with van der Waals surface area (Å²) >= 11 is 0. The first kappa shape index (κ1) is 24.9. The predicted octanol–water partition coefficient (Wildman–Crippen LogP) is 2.78. The van der Waals surface area contributed by atoms with Gasteiger partial charge >= 0.3 is 0 Å². The average Bonchev–Trinajstić information content (AvgIpc) is 3.48. The number of rotatable bonds is 3. The third-order valence-electron chi connectivity index (χ3n) is 6.69. The van der Waals surface area contributed by atoms with Crippen LogP contribution in [0.5, 0.6) is 0 Å². The van der Waals surface area contributed by atoms with Crippen molar-refractivity contribution in [2.24, 2.45) is 5.92 Å². The zero-order valence-electron chi connectivity index (χ0n) is 20.9. The van der Waals surface area contributed by atoms with E-state index in [1.165, 1.54) is 0 Å². The molecule has 0 bridgehead atoms. The summed E-state index contributed by atoms with van der Waals surface area (Å²) in [6.45, 7) is 7.99. The van der Waals surface area contributed by atoms with Gasteiger partial charge in [-0.25, -0.2) is 9.67 Å². The lowest BCUT2D eigenvalue weighted by Gasteiger charge is -2.28. The summed E-state index contributed by atoms with van der Waals surface area (Å²) in [5.41, 5.74) is 0.893. The van der Waals surface area contributed by atoms with Crippen molar-refractivity contribution < 1.29 is 14.4 Å². The molecule has 1 N–H and O–H groups in total. The van der Waals surface area contributed by atoms with Crippen molar-refractivity contribution in [3.05, 3.63) is 36.2 Å². The second-order valence-corrected chi connectivity index (χ2v) is 9.94. The molecular formula is C26H36N6O3. The number of carbonyl (C=O) groups is 3. The first-order valence-electron chi connectivity index (χ1n) is 12.7. The number of hydrogen-bond acceptors (Lipinski definition) is 5. The highest BCUT2D eigenvalue weighted by Gasteiger charge is 2.35. The standard InChI is InChI=1S/C26H36N6O3/c1-18(2)17-23(34)30-13-8-12-22(33)31-14-7-11-21(31)26(35)27-19(3)25-28-24(29-32(25)16-15-30)20-9-5-4-6-10-20/h4-6,9-10,18-19,21H,7-8,11-17H2,1-3H3,(H,27,35)/t19-,21-/m0/s1. The Kier molecular flexibility index (Phi) is 7.83. The van der Waals surface area contributed by atoms with Crippen LogP contribution in [0.25, 0.3) is 11.4 Å². The van der Waals surface area contributed by atoms with Crippen LogP contribution in [0.3, 0.4) is 0 Å². The fraction of sp³-hybridized carbons (Fsp3) is 0.577. The summed E-state index contributed by atoms with van der Waals surface area (Å²) in [5.74, 6) is 1.41. The van der Waals surface area contributed by atoms with Crippen LogP contribution < -0.4 is 5.32 Å². The van der Waals surface area contributed by atoms with E-state index in [2.05, 4.69) is 5.32 Å². The molecule has 3 amide bonds. The van der Waals surface area contributed by atoms with Crippen LogP contribution in [0.15, 0.2) is 30.3 Å². The van der Waals surface area contributed by atoms with Crippen molar-refractivity contribution >= 4 is 17.7 Å². The van der Waals surface area contributed by atoms with Crippen LogP contribution in [-0.2, 0) is 20.9 Å². The Labute approximate surface area is 206 Å². The van der Waals surface area contributed by atoms with Crippen LogP contribution in [0.1, 0.15) is 64.7 Å². The molecule has 1 aromatic heterocycles. The number of nitrogens with one attached hydrogen (secondary N) is 1.